The molecule has 2 heteroatoms. The molecule has 0 aromatic heterocycles. The summed E-state index contributed by atoms with van der Waals surface area (Å²) in [6.07, 6.45) is 0.518. The first-order valence-corrected chi connectivity index (χ1v) is 5.25. The molecule has 16 heavy (non-hydrogen) atoms. The first-order chi connectivity index (χ1) is 7.63. The van der Waals surface area contributed by atoms with Crippen LogP contribution in [0.1, 0.15) is 30.6 Å². The van der Waals surface area contributed by atoms with E-state index >= 15 is 0 Å². The molecule has 1 atom stereocenters. The number of hydrogen-bond donors (Lipinski definition) is 0. The van der Waals surface area contributed by atoms with Gasteiger partial charge in [-0.2, -0.15) is 0 Å². The van der Waals surface area contributed by atoms with Crippen LogP contribution in [0.25, 0.3) is 0 Å². The predicted octanol–water partition coefficient (Wildman–Crippen LogP) is 3.35. The van der Waals surface area contributed by atoms with Gasteiger partial charge in [-0.3, -0.25) is 0 Å². The number of benzene rings is 1. The summed E-state index contributed by atoms with van der Waals surface area (Å²) in [5.74, 6) is -0.287. The molecule has 1 aromatic rings. The third kappa shape index (κ3) is 3.76. The SMILES string of the molecule is C=C=C(C)CC(C)OC(=O)c1ccccc1. The molecular weight excluding hydrogens is 200 g/mol. The molecule has 0 aliphatic rings. The molecule has 0 saturated heterocycles. The molecule has 1 unspecified atom stereocenters. The van der Waals surface area contributed by atoms with Crippen molar-refractivity contribution in [3.05, 3.63) is 53.8 Å². The zero-order valence-corrected chi connectivity index (χ0v) is 9.69. The third-order valence-corrected chi connectivity index (χ3v) is 2.21. The van der Waals surface area contributed by atoms with Gasteiger partial charge < -0.3 is 4.74 Å². The van der Waals surface area contributed by atoms with Crippen LogP contribution in [0.3, 0.4) is 0 Å². The predicted molar refractivity (Wildman–Crippen MR) is 64.3 cm³/mol. The molecular formula is C14H16O2. The Morgan fingerprint density at radius 3 is 2.62 bits per heavy atom. The van der Waals surface area contributed by atoms with Crippen LogP contribution in [0.2, 0.25) is 0 Å². The van der Waals surface area contributed by atoms with E-state index < -0.39 is 0 Å². The van der Waals surface area contributed by atoms with Gasteiger partial charge in [-0.05, 0) is 31.6 Å². The quantitative estimate of drug-likeness (QED) is 0.570. The number of rotatable bonds is 4. The molecule has 0 aliphatic heterocycles. The minimum Gasteiger partial charge on any atom is -0.459 e. The van der Waals surface area contributed by atoms with Crippen LogP contribution in [-0.4, -0.2) is 12.1 Å². The van der Waals surface area contributed by atoms with Gasteiger partial charge in [0.2, 0.25) is 0 Å². The Bertz CT molecular complexity index is 400. The molecule has 0 saturated carbocycles. The van der Waals surface area contributed by atoms with Crippen LogP contribution in [0.4, 0.5) is 0 Å². The second kappa shape index (κ2) is 5.94. The van der Waals surface area contributed by atoms with E-state index in [1.807, 2.05) is 32.0 Å². The van der Waals surface area contributed by atoms with Crippen molar-refractivity contribution >= 4 is 5.97 Å². The van der Waals surface area contributed by atoms with Gasteiger partial charge >= 0.3 is 5.97 Å². The summed E-state index contributed by atoms with van der Waals surface area (Å²) in [6, 6.07) is 8.98. The van der Waals surface area contributed by atoms with Gasteiger partial charge in [-0.15, -0.1) is 5.73 Å². The van der Waals surface area contributed by atoms with E-state index in [1.54, 1.807) is 12.1 Å². The summed E-state index contributed by atoms with van der Waals surface area (Å²) in [5, 5.41) is 0. The molecule has 0 N–H and O–H groups in total. The van der Waals surface area contributed by atoms with Crippen molar-refractivity contribution in [3.63, 3.8) is 0 Å². The number of esters is 1. The highest BCUT2D eigenvalue weighted by atomic mass is 16.5. The smallest absolute Gasteiger partial charge is 0.338 e. The molecule has 0 aliphatic carbocycles. The zero-order chi connectivity index (χ0) is 12.0. The van der Waals surface area contributed by atoms with Crippen LogP contribution < -0.4 is 0 Å². The van der Waals surface area contributed by atoms with Crippen molar-refractivity contribution in [2.45, 2.75) is 26.4 Å². The van der Waals surface area contributed by atoms with Crippen molar-refractivity contribution < 1.29 is 9.53 Å². The van der Waals surface area contributed by atoms with Gasteiger partial charge in [0, 0.05) is 6.42 Å². The average molecular weight is 216 g/mol. The van der Waals surface area contributed by atoms with Gasteiger partial charge in [0.05, 0.1) is 5.56 Å². The lowest BCUT2D eigenvalue weighted by molar-refractivity contribution is 0.0343. The third-order valence-electron chi connectivity index (χ3n) is 2.21. The van der Waals surface area contributed by atoms with Crippen molar-refractivity contribution in [2.24, 2.45) is 0 Å². The average Bonchev–Trinajstić information content (AvgIpc) is 2.29. The lowest BCUT2D eigenvalue weighted by Crippen LogP contribution is -2.15. The maximum Gasteiger partial charge on any atom is 0.338 e. The van der Waals surface area contributed by atoms with Gasteiger partial charge in [0.1, 0.15) is 6.10 Å². The van der Waals surface area contributed by atoms with Gasteiger partial charge in [-0.1, -0.05) is 24.8 Å². The summed E-state index contributed by atoms with van der Waals surface area (Å²) in [5.41, 5.74) is 4.36. The van der Waals surface area contributed by atoms with E-state index in [0.717, 1.165) is 5.57 Å². The Balaban J connectivity index is 2.55. The van der Waals surface area contributed by atoms with Crippen LogP contribution in [0.15, 0.2) is 48.2 Å². The molecule has 0 amide bonds. The van der Waals surface area contributed by atoms with Gasteiger partial charge in [0.15, 0.2) is 0 Å². The number of ether oxygens (including phenoxy) is 1. The van der Waals surface area contributed by atoms with Crippen molar-refractivity contribution in [2.75, 3.05) is 0 Å². The number of hydrogen-bond acceptors (Lipinski definition) is 2. The Kier molecular flexibility index (Phi) is 4.56. The summed E-state index contributed by atoms with van der Waals surface area (Å²) in [7, 11) is 0. The first-order valence-electron chi connectivity index (χ1n) is 5.25. The summed E-state index contributed by atoms with van der Waals surface area (Å²) in [4.78, 5) is 11.7. The maximum absolute atomic E-state index is 11.7. The van der Waals surface area contributed by atoms with E-state index in [9.17, 15) is 4.79 Å². The molecule has 2 nitrogen and oxygen atoms in total. The fourth-order valence-corrected chi connectivity index (χ4v) is 1.37. The summed E-state index contributed by atoms with van der Waals surface area (Å²) < 4.78 is 5.28. The monoisotopic (exact) mass is 216 g/mol. The topological polar surface area (TPSA) is 26.3 Å². The van der Waals surface area contributed by atoms with Crippen LogP contribution in [-0.2, 0) is 4.74 Å². The minimum absolute atomic E-state index is 0.151. The second-order valence-electron chi connectivity index (χ2n) is 3.74. The van der Waals surface area contributed by atoms with Crippen molar-refractivity contribution in [3.8, 4) is 0 Å². The normalized spacial score (nSPS) is 11.4. The van der Waals surface area contributed by atoms with E-state index in [0.29, 0.717) is 12.0 Å². The largest absolute Gasteiger partial charge is 0.459 e. The number of carbonyl (C=O) groups excluding carboxylic acids is 1. The fourth-order valence-electron chi connectivity index (χ4n) is 1.37. The summed E-state index contributed by atoms with van der Waals surface area (Å²) >= 11 is 0. The molecule has 0 bridgehead atoms. The zero-order valence-electron chi connectivity index (χ0n) is 9.69. The maximum atomic E-state index is 11.7. The van der Waals surface area contributed by atoms with Crippen LogP contribution >= 0.6 is 0 Å². The molecule has 0 radical (unpaired) electrons. The van der Waals surface area contributed by atoms with E-state index in [4.69, 9.17) is 4.74 Å². The molecule has 0 spiro atoms. The molecule has 1 aromatic carbocycles. The second-order valence-corrected chi connectivity index (χ2v) is 3.74. The van der Waals surface area contributed by atoms with Gasteiger partial charge in [0.25, 0.3) is 0 Å². The van der Waals surface area contributed by atoms with Crippen LogP contribution in [0.5, 0.6) is 0 Å². The minimum atomic E-state index is -0.287. The van der Waals surface area contributed by atoms with Crippen LogP contribution in [0, 0.1) is 0 Å². The van der Waals surface area contributed by atoms with Crippen molar-refractivity contribution in [1.82, 2.24) is 0 Å². The summed E-state index contributed by atoms with van der Waals surface area (Å²) in [6.45, 7) is 7.33. The lowest BCUT2D eigenvalue weighted by atomic mass is 10.1. The Labute approximate surface area is 96.2 Å². The highest BCUT2D eigenvalue weighted by molar-refractivity contribution is 5.89. The Hall–Kier alpha value is -1.79. The Morgan fingerprint density at radius 1 is 1.44 bits per heavy atom. The Morgan fingerprint density at radius 2 is 2.06 bits per heavy atom. The highest BCUT2D eigenvalue weighted by Crippen LogP contribution is 2.09. The standard InChI is InChI=1S/C14H16O2/c1-4-11(2)10-12(3)16-14(15)13-8-6-5-7-9-13/h5-9,12H,1,10H2,2-3H3. The highest BCUT2D eigenvalue weighted by Gasteiger charge is 2.11. The lowest BCUT2D eigenvalue weighted by Gasteiger charge is -2.12. The van der Waals surface area contributed by atoms with Crippen molar-refractivity contribution in [1.29, 1.82) is 0 Å². The number of carbonyl (C=O) groups is 1. The first kappa shape index (κ1) is 12.3. The van der Waals surface area contributed by atoms with E-state index in [2.05, 4.69) is 12.3 Å². The van der Waals surface area contributed by atoms with E-state index in [1.165, 1.54) is 0 Å². The van der Waals surface area contributed by atoms with Gasteiger partial charge in [-0.25, -0.2) is 4.79 Å². The molecule has 84 valence electrons. The molecule has 1 rings (SSSR count). The molecule has 0 heterocycles. The van der Waals surface area contributed by atoms with E-state index in [-0.39, 0.29) is 12.1 Å². The molecule has 0 fully saturated rings. The fraction of sp³-hybridized carbons (Fsp3) is 0.286.